The molecule has 20 heavy (non-hydrogen) atoms. The standard InChI is InChI=1S/C15H23N3O2/c1-18(2)11-12-4-3-5-13(10-12)17-14(19)15(16)6-8-20-9-7-15/h3-5,10H,6-9,11,16H2,1-2H3,(H,17,19). The molecule has 1 aliphatic rings. The summed E-state index contributed by atoms with van der Waals surface area (Å²) in [4.78, 5) is 14.4. The van der Waals surface area contributed by atoms with Crippen LogP contribution in [-0.2, 0) is 16.1 Å². The van der Waals surface area contributed by atoms with Gasteiger partial charge in [-0.2, -0.15) is 0 Å². The zero-order chi connectivity index (χ0) is 14.6. The molecule has 1 aromatic rings. The molecule has 0 saturated carbocycles. The summed E-state index contributed by atoms with van der Waals surface area (Å²) in [5.74, 6) is -0.122. The van der Waals surface area contributed by atoms with Gasteiger partial charge in [-0.05, 0) is 44.6 Å². The van der Waals surface area contributed by atoms with Crippen LogP contribution < -0.4 is 11.1 Å². The molecule has 0 spiro atoms. The Morgan fingerprint density at radius 1 is 1.40 bits per heavy atom. The van der Waals surface area contributed by atoms with Crippen molar-refractivity contribution in [3.8, 4) is 0 Å². The summed E-state index contributed by atoms with van der Waals surface area (Å²) in [6.07, 6.45) is 1.13. The fourth-order valence-corrected chi connectivity index (χ4v) is 2.33. The highest BCUT2D eigenvalue weighted by Crippen LogP contribution is 2.20. The lowest BCUT2D eigenvalue weighted by molar-refractivity contribution is -0.124. The second-order valence-electron chi connectivity index (χ2n) is 5.66. The summed E-state index contributed by atoms with van der Waals surface area (Å²) in [7, 11) is 4.03. The van der Waals surface area contributed by atoms with Crippen molar-refractivity contribution in [2.45, 2.75) is 24.9 Å². The van der Waals surface area contributed by atoms with E-state index in [0.717, 1.165) is 17.8 Å². The third kappa shape index (κ3) is 3.79. The Labute approximate surface area is 120 Å². The van der Waals surface area contributed by atoms with Gasteiger partial charge in [-0.25, -0.2) is 0 Å². The van der Waals surface area contributed by atoms with Gasteiger partial charge in [0.15, 0.2) is 0 Å². The van der Waals surface area contributed by atoms with E-state index in [1.54, 1.807) is 0 Å². The molecule has 0 radical (unpaired) electrons. The number of rotatable bonds is 4. The zero-order valence-corrected chi connectivity index (χ0v) is 12.2. The summed E-state index contributed by atoms with van der Waals surface area (Å²) in [6, 6.07) is 7.87. The van der Waals surface area contributed by atoms with Crippen LogP contribution in [0.5, 0.6) is 0 Å². The molecule has 1 aliphatic heterocycles. The fraction of sp³-hybridized carbons (Fsp3) is 0.533. The largest absolute Gasteiger partial charge is 0.381 e. The molecule has 5 nitrogen and oxygen atoms in total. The van der Waals surface area contributed by atoms with Gasteiger partial charge in [-0.15, -0.1) is 0 Å². The Kier molecular flexibility index (Phi) is 4.75. The van der Waals surface area contributed by atoms with Crippen LogP contribution in [0.15, 0.2) is 24.3 Å². The van der Waals surface area contributed by atoms with E-state index in [4.69, 9.17) is 10.5 Å². The van der Waals surface area contributed by atoms with Gasteiger partial charge in [0.1, 0.15) is 5.54 Å². The third-order valence-electron chi connectivity index (χ3n) is 3.52. The van der Waals surface area contributed by atoms with Crippen LogP contribution in [-0.4, -0.2) is 43.7 Å². The van der Waals surface area contributed by atoms with Crippen molar-refractivity contribution >= 4 is 11.6 Å². The Morgan fingerprint density at radius 2 is 2.10 bits per heavy atom. The minimum Gasteiger partial charge on any atom is -0.381 e. The highest BCUT2D eigenvalue weighted by atomic mass is 16.5. The van der Waals surface area contributed by atoms with Crippen molar-refractivity contribution in [1.29, 1.82) is 0 Å². The molecule has 1 fully saturated rings. The van der Waals surface area contributed by atoms with Crippen molar-refractivity contribution in [3.05, 3.63) is 29.8 Å². The van der Waals surface area contributed by atoms with Gasteiger partial charge in [0.05, 0.1) is 0 Å². The number of benzene rings is 1. The van der Waals surface area contributed by atoms with Gasteiger partial charge < -0.3 is 20.7 Å². The maximum atomic E-state index is 12.3. The van der Waals surface area contributed by atoms with Crippen molar-refractivity contribution in [2.75, 3.05) is 32.6 Å². The molecule has 0 bridgehead atoms. The summed E-state index contributed by atoms with van der Waals surface area (Å²) < 4.78 is 5.26. The molecule has 110 valence electrons. The highest BCUT2D eigenvalue weighted by Gasteiger charge is 2.35. The fourth-order valence-electron chi connectivity index (χ4n) is 2.33. The molecule has 0 atom stereocenters. The van der Waals surface area contributed by atoms with Crippen LogP contribution in [0.25, 0.3) is 0 Å². The number of anilines is 1. The van der Waals surface area contributed by atoms with E-state index in [-0.39, 0.29) is 5.91 Å². The lowest BCUT2D eigenvalue weighted by Crippen LogP contribution is -2.54. The predicted octanol–water partition coefficient (Wildman–Crippen LogP) is 1.19. The number of nitrogens with two attached hydrogens (primary N) is 1. The van der Waals surface area contributed by atoms with Crippen molar-refractivity contribution in [2.24, 2.45) is 5.73 Å². The Morgan fingerprint density at radius 3 is 2.75 bits per heavy atom. The number of nitrogens with zero attached hydrogens (tertiary/aromatic N) is 1. The number of ether oxygens (including phenoxy) is 1. The van der Waals surface area contributed by atoms with Crippen molar-refractivity contribution in [1.82, 2.24) is 4.90 Å². The molecule has 0 aliphatic carbocycles. The molecule has 0 unspecified atom stereocenters. The van der Waals surface area contributed by atoms with Crippen LogP contribution in [0.4, 0.5) is 5.69 Å². The number of amides is 1. The smallest absolute Gasteiger partial charge is 0.244 e. The van der Waals surface area contributed by atoms with Crippen LogP contribution in [0.3, 0.4) is 0 Å². The normalized spacial score (nSPS) is 18.0. The predicted molar refractivity (Wildman–Crippen MR) is 79.4 cm³/mol. The second-order valence-corrected chi connectivity index (χ2v) is 5.66. The molecular weight excluding hydrogens is 254 g/mol. The maximum absolute atomic E-state index is 12.3. The average molecular weight is 277 g/mol. The monoisotopic (exact) mass is 277 g/mol. The first-order valence-corrected chi connectivity index (χ1v) is 6.91. The molecule has 3 N–H and O–H groups in total. The Bertz CT molecular complexity index is 468. The second kappa shape index (κ2) is 6.35. The molecule has 1 amide bonds. The van der Waals surface area contributed by atoms with Gasteiger partial charge in [0.2, 0.25) is 5.91 Å². The zero-order valence-electron chi connectivity index (χ0n) is 12.2. The van der Waals surface area contributed by atoms with Gasteiger partial charge >= 0.3 is 0 Å². The van der Waals surface area contributed by atoms with Gasteiger partial charge in [0, 0.05) is 25.4 Å². The molecule has 5 heteroatoms. The minimum absolute atomic E-state index is 0.122. The highest BCUT2D eigenvalue weighted by molar-refractivity contribution is 5.98. The number of carbonyl (C=O) groups is 1. The number of hydrogen-bond donors (Lipinski definition) is 2. The first-order chi connectivity index (χ1) is 9.49. The van der Waals surface area contributed by atoms with E-state index in [1.807, 2.05) is 38.4 Å². The van der Waals surface area contributed by atoms with E-state index in [9.17, 15) is 4.79 Å². The topological polar surface area (TPSA) is 67.6 Å². The van der Waals surface area contributed by atoms with E-state index in [1.165, 1.54) is 0 Å². The van der Waals surface area contributed by atoms with E-state index < -0.39 is 5.54 Å². The van der Waals surface area contributed by atoms with Gasteiger partial charge in [-0.3, -0.25) is 4.79 Å². The molecule has 1 saturated heterocycles. The first-order valence-electron chi connectivity index (χ1n) is 6.91. The number of hydrogen-bond acceptors (Lipinski definition) is 4. The van der Waals surface area contributed by atoms with Crippen molar-refractivity contribution in [3.63, 3.8) is 0 Å². The number of nitrogens with one attached hydrogen (secondary N) is 1. The van der Waals surface area contributed by atoms with E-state index in [0.29, 0.717) is 26.1 Å². The summed E-state index contributed by atoms with van der Waals surface area (Å²) in [6.45, 7) is 1.93. The van der Waals surface area contributed by atoms with E-state index >= 15 is 0 Å². The van der Waals surface area contributed by atoms with Crippen LogP contribution in [0.2, 0.25) is 0 Å². The molecule has 2 rings (SSSR count). The first kappa shape index (κ1) is 15.0. The molecular formula is C15H23N3O2. The third-order valence-corrected chi connectivity index (χ3v) is 3.52. The lowest BCUT2D eigenvalue weighted by Gasteiger charge is -2.31. The molecule has 0 aromatic heterocycles. The van der Waals surface area contributed by atoms with Crippen LogP contribution in [0.1, 0.15) is 18.4 Å². The quantitative estimate of drug-likeness (QED) is 0.867. The Hall–Kier alpha value is -1.43. The Balaban J connectivity index is 2.03. The van der Waals surface area contributed by atoms with Crippen LogP contribution in [0, 0.1) is 0 Å². The minimum atomic E-state index is -0.810. The number of carbonyl (C=O) groups excluding carboxylic acids is 1. The summed E-state index contributed by atoms with van der Waals surface area (Å²) in [5, 5.41) is 2.93. The summed E-state index contributed by atoms with van der Waals surface area (Å²) in [5.41, 5.74) is 7.31. The average Bonchev–Trinajstić information content (AvgIpc) is 2.39. The van der Waals surface area contributed by atoms with Gasteiger partial charge in [0.25, 0.3) is 0 Å². The van der Waals surface area contributed by atoms with E-state index in [2.05, 4.69) is 10.2 Å². The lowest BCUT2D eigenvalue weighted by atomic mass is 9.90. The maximum Gasteiger partial charge on any atom is 0.244 e. The summed E-state index contributed by atoms with van der Waals surface area (Å²) >= 11 is 0. The van der Waals surface area contributed by atoms with Crippen molar-refractivity contribution < 1.29 is 9.53 Å². The van der Waals surface area contributed by atoms with Gasteiger partial charge in [-0.1, -0.05) is 12.1 Å². The van der Waals surface area contributed by atoms with Crippen LogP contribution >= 0.6 is 0 Å². The molecule has 1 aromatic carbocycles. The SMILES string of the molecule is CN(C)Cc1cccc(NC(=O)C2(N)CCOCC2)c1. The molecule has 1 heterocycles.